The van der Waals surface area contributed by atoms with Gasteiger partial charge in [-0.3, -0.25) is 9.48 Å². The number of amides is 1. The molecule has 0 bridgehead atoms. The molecule has 0 fully saturated rings. The molecule has 0 aliphatic carbocycles. The molecule has 1 unspecified atom stereocenters. The maximum atomic E-state index is 13.5. The average molecular weight is 354 g/mol. The van der Waals surface area contributed by atoms with Crippen molar-refractivity contribution in [2.75, 3.05) is 0 Å². The summed E-state index contributed by atoms with van der Waals surface area (Å²) in [4.78, 5) is 23.7. The minimum atomic E-state index is -1.40. The highest BCUT2D eigenvalue weighted by Crippen LogP contribution is 2.21. The molecule has 0 spiro atoms. The Morgan fingerprint density at radius 3 is 2.54 bits per heavy atom. The van der Waals surface area contributed by atoms with Crippen LogP contribution in [0.1, 0.15) is 42.7 Å². The normalized spacial score (nSPS) is 12.7. The molecule has 0 radical (unpaired) electrons. The molecule has 6 nitrogen and oxygen atoms in total. The minimum Gasteiger partial charge on any atom is -0.479 e. The number of hydrogen-bond donors (Lipinski definition) is 2. The van der Waals surface area contributed by atoms with Crippen molar-refractivity contribution in [1.29, 1.82) is 0 Å². The van der Waals surface area contributed by atoms with Gasteiger partial charge in [0.15, 0.2) is 6.04 Å². The topological polar surface area (TPSA) is 84.2 Å². The fourth-order valence-electron chi connectivity index (χ4n) is 2.00. The summed E-state index contributed by atoms with van der Waals surface area (Å²) in [7, 11) is 0. The minimum absolute atomic E-state index is 0.0842. The summed E-state index contributed by atoms with van der Waals surface area (Å²) in [5.74, 6) is -2.68. The van der Waals surface area contributed by atoms with Gasteiger partial charge in [0.25, 0.3) is 5.91 Å². The van der Waals surface area contributed by atoms with Gasteiger partial charge in [-0.25, -0.2) is 9.18 Å². The third-order valence-electron chi connectivity index (χ3n) is 3.33. The number of aromatic nitrogens is 2. The van der Waals surface area contributed by atoms with Crippen LogP contribution in [0.4, 0.5) is 4.39 Å². The van der Waals surface area contributed by atoms with Gasteiger partial charge in [0, 0.05) is 6.20 Å². The van der Waals surface area contributed by atoms with E-state index in [1.54, 1.807) is 4.68 Å². The Kier molecular flexibility index (Phi) is 4.94. The number of nitrogens with one attached hydrogen (secondary N) is 1. The van der Waals surface area contributed by atoms with E-state index >= 15 is 0 Å². The first kappa shape index (κ1) is 17.9. The van der Waals surface area contributed by atoms with Gasteiger partial charge in [-0.1, -0.05) is 17.7 Å². The number of benzene rings is 1. The number of halogens is 2. The monoisotopic (exact) mass is 353 g/mol. The SMILES string of the molecule is CC(C)(C)n1cc(C(=O)NC(C(=O)O)c2ccc(Cl)c(F)c2)cn1. The number of rotatable bonds is 4. The molecule has 2 N–H and O–H groups in total. The average Bonchev–Trinajstić information content (AvgIpc) is 2.97. The van der Waals surface area contributed by atoms with Crippen LogP contribution in [0.3, 0.4) is 0 Å². The molecular formula is C16H17ClFN3O3. The van der Waals surface area contributed by atoms with Crippen molar-refractivity contribution in [3.05, 3.63) is 52.6 Å². The molecule has 1 aromatic carbocycles. The highest BCUT2D eigenvalue weighted by atomic mass is 35.5. The molecule has 0 saturated carbocycles. The van der Waals surface area contributed by atoms with Crippen LogP contribution in [-0.2, 0) is 10.3 Å². The second-order valence-electron chi connectivity index (χ2n) is 6.26. The van der Waals surface area contributed by atoms with Gasteiger partial charge in [-0.15, -0.1) is 0 Å². The van der Waals surface area contributed by atoms with Gasteiger partial charge in [-0.05, 0) is 38.5 Å². The Morgan fingerprint density at radius 2 is 2.04 bits per heavy atom. The maximum absolute atomic E-state index is 13.5. The van der Waals surface area contributed by atoms with Crippen molar-refractivity contribution in [2.45, 2.75) is 32.4 Å². The zero-order valence-electron chi connectivity index (χ0n) is 13.4. The summed E-state index contributed by atoms with van der Waals surface area (Å²) >= 11 is 5.59. The Balaban J connectivity index is 2.24. The zero-order chi connectivity index (χ0) is 18.1. The lowest BCUT2D eigenvalue weighted by atomic mass is 10.1. The summed E-state index contributed by atoms with van der Waals surface area (Å²) in [6, 6.07) is 2.18. The third-order valence-corrected chi connectivity index (χ3v) is 3.64. The lowest BCUT2D eigenvalue weighted by Crippen LogP contribution is -2.33. The Bertz CT molecular complexity index is 783. The summed E-state index contributed by atoms with van der Waals surface area (Å²) in [6.45, 7) is 5.74. The number of carboxylic acids is 1. The molecule has 128 valence electrons. The van der Waals surface area contributed by atoms with Crippen LogP contribution in [0.5, 0.6) is 0 Å². The molecule has 1 atom stereocenters. The zero-order valence-corrected chi connectivity index (χ0v) is 14.1. The van der Waals surface area contributed by atoms with E-state index in [0.717, 1.165) is 6.07 Å². The molecule has 1 aromatic heterocycles. The number of nitrogens with zero attached hydrogens (tertiary/aromatic N) is 2. The Morgan fingerprint density at radius 1 is 1.38 bits per heavy atom. The van der Waals surface area contributed by atoms with Crippen LogP contribution >= 0.6 is 11.6 Å². The quantitative estimate of drug-likeness (QED) is 0.885. The summed E-state index contributed by atoms with van der Waals surface area (Å²) in [6.07, 6.45) is 2.87. The van der Waals surface area contributed by atoms with E-state index in [2.05, 4.69) is 10.4 Å². The number of carboxylic acid groups (broad SMARTS) is 1. The number of carbonyl (C=O) groups is 2. The first-order valence-corrected chi connectivity index (χ1v) is 7.51. The van der Waals surface area contributed by atoms with E-state index in [9.17, 15) is 19.1 Å². The highest BCUT2D eigenvalue weighted by molar-refractivity contribution is 6.30. The Hall–Kier alpha value is -2.41. The first-order valence-electron chi connectivity index (χ1n) is 7.13. The van der Waals surface area contributed by atoms with Crippen molar-refractivity contribution < 1.29 is 19.1 Å². The Labute approximate surface area is 143 Å². The van der Waals surface area contributed by atoms with Crippen LogP contribution in [0.15, 0.2) is 30.6 Å². The van der Waals surface area contributed by atoms with Gasteiger partial charge < -0.3 is 10.4 Å². The van der Waals surface area contributed by atoms with Gasteiger partial charge in [-0.2, -0.15) is 5.10 Å². The molecule has 2 rings (SSSR count). The van der Waals surface area contributed by atoms with Gasteiger partial charge in [0.1, 0.15) is 5.82 Å². The van der Waals surface area contributed by atoms with E-state index < -0.39 is 23.7 Å². The van der Waals surface area contributed by atoms with Crippen LogP contribution in [0.2, 0.25) is 5.02 Å². The first-order chi connectivity index (χ1) is 11.1. The number of aliphatic carboxylic acids is 1. The summed E-state index contributed by atoms with van der Waals surface area (Å²) in [5, 5.41) is 15.7. The molecule has 0 aliphatic heterocycles. The van der Waals surface area contributed by atoms with Gasteiger partial charge >= 0.3 is 5.97 Å². The number of hydrogen-bond acceptors (Lipinski definition) is 3. The van der Waals surface area contributed by atoms with Crippen LogP contribution < -0.4 is 5.32 Å². The lowest BCUT2D eigenvalue weighted by Gasteiger charge is -2.18. The van der Waals surface area contributed by atoms with Crippen molar-refractivity contribution in [3.63, 3.8) is 0 Å². The van der Waals surface area contributed by atoms with Crippen LogP contribution in [0.25, 0.3) is 0 Å². The predicted octanol–water partition coefficient (Wildman–Crippen LogP) is 2.99. The van der Waals surface area contributed by atoms with E-state index in [0.29, 0.717) is 0 Å². The molecule has 1 heterocycles. The van der Waals surface area contributed by atoms with E-state index in [4.69, 9.17) is 11.6 Å². The van der Waals surface area contributed by atoms with Crippen molar-refractivity contribution in [3.8, 4) is 0 Å². The highest BCUT2D eigenvalue weighted by Gasteiger charge is 2.25. The predicted molar refractivity (Wildman–Crippen MR) is 86.5 cm³/mol. The van der Waals surface area contributed by atoms with E-state index in [1.165, 1.54) is 24.5 Å². The summed E-state index contributed by atoms with van der Waals surface area (Å²) in [5.41, 5.74) is -0.0177. The molecule has 0 saturated heterocycles. The van der Waals surface area contributed by atoms with Gasteiger partial charge in [0.2, 0.25) is 0 Å². The van der Waals surface area contributed by atoms with Crippen LogP contribution in [0, 0.1) is 5.82 Å². The molecular weight excluding hydrogens is 337 g/mol. The molecule has 1 amide bonds. The van der Waals surface area contributed by atoms with Crippen molar-refractivity contribution >= 4 is 23.5 Å². The fraction of sp³-hybridized carbons (Fsp3) is 0.312. The molecule has 8 heteroatoms. The van der Waals surface area contributed by atoms with E-state index in [-0.39, 0.29) is 21.7 Å². The smallest absolute Gasteiger partial charge is 0.330 e. The largest absolute Gasteiger partial charge is 0.479 e. The standard InChI is InChI=1S/C16H17ClFN3O3/c1-16(2,3)21-8-10(7-19-21)14(22)20-13(15(23)24)9-4-5-11(17)12(18)6-9/h4-8,13H,1-3H3,(H,20,22)(H,23,24). The third kappa shape index (κ3) is 3.91. The molecule has 24 heavy (non-hydrogen) atoms. The second kappa shape index (κ2) is 6.60. The van der Waals surface area contributed by atoms with Crippen molar-refractivity contribution in [1.82, 2.24) is 15.1 Å². The molecule has 0 aliphatic rings. The lowest BCUT2D eigenvalue weighted by molar-refractivity contribution is -0.139. The fourth-order valence-corrected chi connectivity index (χ4v) is 2.12. The number of carbonyl (C=O) groups excluding carboxylic acids is 1. The molecule has 2 aromatic rings. The van der Waals surface area contributed by atoms with Crippen LogP contribution in [-0.4, -0.2) is 26.8 Å². The van der Waals surface area contributed by atoms with Crippen molar-refractivity contribution in [2.24, 2.45) is 0 Å². The second-order valence-corrected chi connectivity index (χ2v) is 6.67. The maximum Gasteiger partial charge on any atom is 0.330 e. The van der Waals surface area contributed by atoms with Gasteiger partial charge in [0.05, 0.1) is 22.3 Å². The van der Waals surface area contributed by atoms with E-state index in [1.807, 2.05) is 20.8 Å². The summed E-state index contributed by atoms with van der Waals surface area (Å²) < 4.78 is 15.1.